The van der Waals surface area contributed by atoms with E-state index in [1.165, 1.54) is 12.8 Å². The first kappa shape index (κ1) is 17.9. The highest BCUT2D eigenvalue weighted by Gasteiger charge is 2.41. The second kappa shape index (κ2) is 7.99. The Morgan fingerprint density at radius 1 is 1.36 bits per heavy atom. The van der Waals surface area contributed by atoms with Gasteiger partial charge in [-0.1, -0.05) is 25.0 Å². The molecule has 3 rings (SSSR count). The van der Waals surface area contributed by atoms with Gasteiger partial charge in [-0.25, -0.2) is 0 Å². The predicted molar refractivity (Wildman–Crippen MR) is 95.9 cm³/mol. The maximum Gasteiger partial charge on any atom is 0.222 e. The van der Waals surface area contributed by atoms with Crippen molar-refractivity contribution in [3.05, 3.63) is 35.4 Å². The van der Waals surface area contributed by atoms with Gasteiger partial charge in [0.2, 0.25) is 5.91 Å². The average Bonchev–Trinajstić information content (AvgIpc) is 3.12. The Morgan fingerprint density at radius 2 is 2.08 bits per heavy atom. The highest BCUT2D eigenvalue weighted by Crippen LogP contribution is 2.38. The molecule has 1 aliphatic carbocycles. The first-order valence-electron chi connectivity index (χ1n) is 9.25. The van der Waals surface area contributed by atoms with E-state index in [4.69, 9.17) is 10.00 Å². The summed E-state index contributed by atoms with van der Waals surface area (Å²) < 4.78 is 5.48. The van der Waals surface area contributed by atoms with Crippen LogP contribution in [0.1, 0.15) is 56.2 Å². The van der Waals surface area contributed by atoms with Crippen LogP contribution in [0, 0.1) is 11.3 Å². The minimum Gasteiger partial charge on any atom is -0.379 e. The van der Waals surface area contributed by atoms with Crippen molar-refractivity contribution in [2.24, 2.45) is 0 Å². The third kappa shape index (κ3) is 4.20. The summed E-state index contributed by atoms with van der Waals surface area (Å²) in [6, 6.07) is 9.51. The molecule has 0 aromatic heterocycles. The van der Waals surface area contributed by atoms with Crippen molar-refractivity contribution in [1.82, 2.24) is 10.2 Å². The van der Waals surface area contributed by atoms with Crippen molar-refractivity contribution in [2.45, 2.75) is 50.6 Å². The minimum atomic E-state index is -0.0936. The van der Waals surface area contributed by atoms with Gasteiger partial charge in [0, 0.05) is 25.0 Å². The number of carbonyl (C=O) groups excluding carboxylic acids is 1. The number of nitrogens with one attached hydrogen (secondary N) is 1. The molecule has 1 aliphatic heterocycles. The van der Waals surface area contributed by atoms with Crippen LogP contribution in [0.3, 0.4) is 0 Å². The molecule has 0 unspecified atom stereocenters. The van der Waals surface area contributed by atoms with Gasteiger partial charge in [0.05, 0.1) is 30.9 Å². The number of carbonyl (C=O) groups is 1. The van der Waals surface area contributed by atoms with Crippen molar-refractivity contribution < 1.29 is 9.53 Å². The Bertz CT molecular complexity index is 641. The molecule has 2 aliphatic rings. The largest absolute Gasteiger partial charge is 0.379 e. The first-order chi connectivity index (χ1) is 12.1. The molecule has 1 amide bonds. The molecular formula is C20H27N3O2. The van der Waals surface area contributed by atoms with E-state index in [-0.39, 0.29) is 17.5 Å². The van der Waals surface area contributed by atoms with Crippen molar-refractivity contribution >= 4 is 5.91 Å². The van der Waals surface area contributed by atoms with Crippen LogP contribution >= 0.6 is 0 Å². The Kier molecular flexibility index (Phi) is 5.72. The van der Waals surface area contributed by atoms with E-state index in [1.54, 1.807) is 6.07 Å². The zero-order valence-electron chi connectivity index (χ0n) is 15.0. The Morgan fingerprint density at radius 3 is 2.76 bits per heavy atom. The molecule has 1 aromatic carbocycles. The van der Waals surface area contributed by atoms with Crippen LogP contribution in [0.4, 0.5) is 0 Å². The monoisotopic (exact) mass is 341 g/mol. The van der Waals surface area contributed by atoms with Crippen molar-refractivity contribution in [2.75, 3.05) is 26.3 Å². The van der Waals surface area contributed by atoms with Gasteiger partial charge in [-0.3, -0.25) is 9.69 Å². The van der Waals surface area contributed by atoms with E-state index < -0.39 is 0 Å². The van der Waals surface area contributed by atoms with E-state index in [2.05, 4.69) is 16.3 Å². The molecule has 1 atom stereocenters. The number of ether oxygens (including phenoxy) is 1. The van der Waals surface area contributed by atoms with Crippen LogP contribution < -0.4 is 5.32 Å². The summed E-state index contributed by atoms with van der Waals surface area (Å²) >= 11 is 0. The fourth-order valence-corrected chi connectivity index (χ4v) is 4.23. The van der Waals surface area contributed by atoms with Gasteiger partial charge >= 0.3 is 0 Å². The zero-order chi connectivity index (χ0) is 17.7. The second-order valence-electron chi connectivity index (χ2n) is 7.23. The highest BCUT2D eigenvalue weighted by atomic mass is 16.5. The minimum absolute atomic E-state index is 0.00207. The number of benzene rings is 1. The lowest BCUT2D eigenvalue weighted by Gasteiger charge is -2.43. The quantitative estimate of drug-likeness (QED) is 0.894. The zero-order valence-corrected chi connectivity index (χ0v) is 15.0. The summed E-state index contributed by atoms with van der Waals surface area (Å²) in [4.78, 5) is 15.2. The molecule has 0 radical (unpaired) electrons. The summed E-state index contributed by atoms with van der Waals surface area (Å²) in [5.41, 5.74) is 1.60. The molecule has 1 heterocycles. The molecule has 25 heavy (non-hydrogen) atoms. The molecule has 1 aromatic rings. The van der Waals surface area contributed by atoms with Gasteiger partial charge in [0.1, 0.15) is 0 Å². The topological polar surface area (TPSA) is 65.4 Å². The van der Waals surface area contributed by atoms with Crippen molar-refractivity contribution in [3.8, 4) is 6.07 Å². The van der Waals surface area contributed by atoms with Crippen LogP contribution in [0.5, 0.6) is 0 Å². The lowest BCUT2D eigenvalue weighted by molar-refractivity contribution is -0.126. The maximum absolute atomic E-state index is 12.8. The number of morpholine rings is 1. The lowest BCUT2D eigenvalue weighted by Crippen LogP contribution is -2.54. The molecule has 2 fully saturated rings. The van der Waals surface area contributed by atoms with E-state index in [0.29, 0.717) is 12.0 Å². The number of nitrogens with zero attached hydrogens (tertiary/aromatic N) is 2. The maximum atomic E-state index is 12.8. The summed E-state index contributed by atoms with van der Waals surface area (Å²) in [6.07, 6.45) is 5.14. The summed E-state index contributed by atoms with van der Waals surface area (Å²) in [5, 5.41) is 12.2. The summed E-state index contributed by atoms with van der Waals surface area (Å²) in [5.74, 6) is 0.100. The average molecular weight is 341 g/mol. The van der Waals surface area contributed by atoms with Crippen LogP contribution in [0.25, 0.3) is 0 Å². The van der Waals surface area contributed by atoms with Gasteiger partial charge in [-0.2, -0.15) is 5.26 Å². The predicted octanol–water partition coefficient (Wildman–Crippen LogP) is 2.77. The normalized spacial score (nSPS) is 21.4. The molecule has 134 valence electrons. The fourth-order valence-electron chi connectivity index (χ4n) is 4.23. The molecule has 0 spiro atoms. The SMILES string of the molecule is C[C@H](NC(=O)CC1(N2CCOCC2)CCCC1)c1cccc(C#N)c1. The van der Waals surface area contributed by atoms with Crippen LogP contribution in [-0.4, -0.2) is 42.6 Å². The van der Waals surface area contributed by atoms with Gasteiger partial charge in [-0.15, -0.1) is 0 Å². The van der Waals surface area contributed by atoms with Crippen LogP contribution in [0.2, 0.25) is 0 Å². The van der Waals surface area contributed by atoms with Gasteiger partial charge in [0.25, 0.3) is 0 Å². The van der Waals surface area contributed by atoms with Crippen LogP contribution in [-0.2, 0) is 9.53 Å². The lowest BCUT2D eigenvalue weighted by atomic mass is 9.89. The Labute approximate surface area is 150 Å². The molecule has 5 heteroatoms. The van der Waals surface area contributed by atoms with E-state index in [1.807, 2.05) is 25.1 Å². The van der Waals surface area contributed by atoms with Gasteiger partial charge < -0.3 is 10.1 Å². The summed E-state index contributed by atoms with van der Waals surface area (Å²) in [6.45, 7) is 5.35. The number of rotatable bonds is 5. The van der Waals surface area contributed by atoms with Crippen LogP contribution in [0.15, 0.2) is 24.3 Å². The molecule has 5 nitrogen and oxygen atoms in total. The standard InChI is InChI=1S/C20H27N3O2/c1-16(18-6-4-5-17(13-18)15-21)22-19(24)14-20(7-2-3-8-20)23-9-11-25-12-10-23/h4-6,13,16H,2-3,7-12,14H2,1H3,(H,22,24)/t16-/m0/s1. The molecule has 1 N–H and O–H groups in total. The third-order valence-electron chi connectivity index (χ3n) is 5.60. The van der Waals surface area contributed by atoms with E-state index in [9.17, 15) is 4.79 Å². The van der Waals surface area contributed by atoms with E-state index >= 15 is 0 Å². The van der Waals surface area contributed by atoms with Crippen molar-refractivity contribution in [3.63, 3.8) is 0 Å². The molecule has 1 saturated carbocycles. The first-order valence-corrected chi connectivity index (χ1v) is 9.25. The molecular weight excluding hydrogens is 314 g/mol. The molecule has 1 saturated heterocycles. The van der Waals surface area contributed by atoms with Gasteiger partial charge in [-0.05, 0) is 37.5 Å². The number of nitriles is 1. The van der Waals surface area contributed by atoms with Crippen molar-refractivity contribution in [1.29, 1.82) is 5.26 Å². The Balaban J connectivity index is 1.64. The third-order valence-corrected chi connectivity index (χ3v) is 5.60. The second-order valence-corrected chi connectivity index (χ2v) is 7.23. The fraction of sp³-hybridized carbons (Fsp3) is 0.600. The smallest absolute Gasteiger partial charge is 0.222 e. The number of amides is 1. The number of hydrogen-bond acceptors (Lipinski definition) is 4. The molecule has 0 bridgehead atoms. The summed E-state index contributed by atoms with van der Waals surface area (Å²) in [7, 11) is 0. The number of hydrogen-bond donors (Lipinski definition) is 1. The van der Waals surface area contributed by atoms with E-state index in [0.717, 1.165) is 44.7 Å². The van der Waals surface area contributed by atoms with Gasteiger partial charge in [0.15, 0.2) is 0 Å². The Hall–Kier alpha value is -1.90. The highest BCUT2D eigenvalue weighted by molar-refractivity contribution is 5.77.